The predicted molar refractivity (Wildman–Crippen MR) is 69.1 cm³/mol. The monoisotopic (exact) mass is 261 g/mol. The molecule has 0 heterocycles. The summed E-state index contributed by atoms with van der Waals surface area (Å²) in [6.07, 6.45) is 0. The number of hydrogen-bond donors (Lipinski definition) is 0. The number of halogens is 2. The molecular weight excluding hydrogens is 242 g/mol. The Morgan fingerprint density at radius 3 is 1.25 bits per heavy atom. The number of rotatable bonds is 3. The van der Waals surface area contributed by atoms with Crippen LogP contribution in [0.15, 0.2) is 0 Å². The lowest BCUT2D eigenvalue weighted by Crippen LogP contribution is -2.51. The third-order valence-electron chi connectivity index (χ3n) is 1.59. The van der Waals surface area contributed by atoms with Gasteiger partial charge in [0.2, 0.25) is 0 Å². The van der Waals surface area contributed by atoms with Gasteiger partial charge in [-0.2, -0.15) is 0 Å². The van der Waals surface area contributed by atoms with Gasteiger partial charge in [-0.3, -0.25) is 0 Å². The van der Waals surface area contributed by atoms with Gasteiger partial charge in [-0.25, -0.2) is 0 Å². The Morgan fingerprint density at radius 1 is 1.00 bits per heavy atom. The first-order valence-corrected chi connectivity index (χ1v) is 14.2. The average Bonchev–Trinajstić information content (AvgIpc) is 1.80. The second-order valence-corrected chi connectivity index (χ2v) is 19.9. The van der Waals surface area contributed by atoms with Crippen molar-refractivity contribution in [3.8, 4) is 0 Å². The molecule has 0 radical (unpaired) electrons. The maximum atomic E-state index is 8.57. The molecule has 0 aromatic rings. The zero-order chi connectivity index (χ0) is 11.1. The Balaban J connectivity index is 5.22. The maximum Gasteiger partial charge on any atom is 0.0831 e. The fraction of sp³-hybridized carbons (Fsp3) is 1.00. The summed E-state index contributed by atoms with van der Waals surface area (Å²) in [6, 6.07) is 0. The van der Waals surface area contributed by atoms with Gasteiger partial charge in [-0.1, -0.05) is 61.8 Å². The molecule has 0 spiro atoms. The molecular formula is C7H19Cl2PSi2. The minimum Gasteiger partial charge on any atom is -0.0784 e. The van der Waals surface area contributed by atoms with Gasteiger partial charge in [0.15, 0.2) is 0 Å². The first kappa shape index (κ1) is 11.5. The van der Waals surface area contributed by atoms with Crippen LogP contribution < -0.4 is 0 Å². The zero-order valence-electron chi connectivity index (χ0n) is 9.70. The molecule has 0 aliphatic rings. The van der Waals surface area contributed by atoms with Crippen LogP contribution in [-0.2, 0) is 0 Å². The summed E-state index contributed by atoms with van der Waals surface area (Å²) in [5.41, 5.74) is 0. The average molecular weight is 262 g/mol. The molecule has 74 valence electrons. The summed E-state index contributed by atoms with van der Waals surface area (Å²) >= 11 is 12.1. The van der Waals surface area contributed by atoms with Crippen LogP contribution in [0.2, 0.25) is 39.3 Å². The van der Waals surface area contributed by atoms with E-state index in [9.17, 15) is 0 Å². The molecule has 0 aromatic carbocycles. The lowest BCUT2D eigenvalue weighted by molar-refractivity contribution is 1.46. The molecule has 0 unspecified atom stereocenters. The van der Waals surface area contributed by atoms with Gasteiger partial charge < -0.3 is 0 Å². The van der Waals surface area contributed by atoms with Crippen LogP contribution in [0, 0.1) is 0 Å². The van der Waals surface area contributed by atoms with E-state index in [0.29, 0.717) is 0 Å². The second kappa shape index (κ2) is 4.31. The molecule has 0 rings (SSSR count). The van der Waals surface area contributed by atoms with E-state index in [1.54, 1.807) is 0 Å². The Bertz CT molecular complexity index is 172. The second-order valence-electron chi connectivity index (χ2n) is 5.08. The Morgan fingerprint density at radius 2 is 1.25 bits per heavy atom. The first-order valence-electron chi connectivity index (χ1n) is 4.56. The van der Waals surface area contributed by atoms with Crippen LogP contribution >= 0.6 is 29.1 Å². The minimum atomic E-state index is -1.62. The van der Waals surface area contributed by atoms with Crippen molar-refractivity contribution in [3.63, 3.8) is 0 Å². The topological polar surface area (TPSA) is 0 Å². The first-order chi connectivity index (χ1) is 5.44. The van der Waals surface area contributed by atoms with E-state index in [1.165, 1.54) is 0 Å². The molecule has 0 fully saturated rings. The smallest absolute Gasteiger partial charge is 0.0784 e. The Kier molecular flexibility index (Phi) is 4.14. The van der Waals surface area contributed by atoms with E-state index in [2.05, 4.69) is 39.3 Å². The van der Waals surface area contributed by atoms with E-state index in [4.69, 9.17) is 23.9 Å². The van der Waals surface area contributed by atoms with Crippen molar-refractivity contribution in [1.29, 1.82) is 0 Å². The fourth-order valence-electron chi connectivity index (χ4n) is 1.63. The summed E-state index contributed by atoms with van der Waals surface area (Å²) in [5.74, 6) is 0. The summed E-state index contributed by atoms with van der Waals surface area (Å²) in [7, 11) is -3.23. The van der Waals surface area contributed by atoms with Gasteiger partial charge in [0.1, 0.15) is 0 Å². The van der Waals surface area contributed by atoms with Crippen molar-refractivity contribution in [1.82, 2.24) is 0 Å². The molecule has 0 aliphatic carbocycles. The van der Waals surface area contributed by atoms with E-state index >= 15 is 0 Å². The van der Waals surface area contributed by atoms with Gasteiger partial charge in [0.05, 0.1) is 22.8 Å². The standard InChI is InChI=1S/C7H19Cl2PSi2/c1-11(2,3)7(10(8)9)12(4,5)6/h7H,1-6H3/i7D. The molecule has 5 heteroatoms. The van der Waals surface area contributed by atoms with Gasteiger partial charge >= 0.3 is 0 Å². The van der Waals surface area contributed by atoms with E-state index < -0.39 is 27.7 Å². The normalized spacial score (nSPS) is 16.6. The van der Waals surface area contributed by atoms with Gasteiger partial charge in [-0.05, 0) is 4.88 Å². The summed E-state index contributed by atoms with van der Waals surface area (Å²) < 4.78 is 8.57. The van der Waals surface area contributed by atoms with Crippen LogP contribution in [0.3, 0.4) is 0 Å². The van der Waals surface area contributed by atoms with Crippen molar-refractivity contribution < 1.29 is 1.37 Å². The van der Waals surface area contributed by atoms with Crippen molar-refractivity contribution >= 4 is 45.3 Å². The molecule has 0 atom stereocenters. The van der Waals surface area contributed by atoms with Gasteiger partial charge in [-0.15, -0.1) is 0 Å². The highest BCUT2D eigenvalue weighted by atomic mass is 35.9. The largest absolute Gasteiger partial charge is 0.0831 e. The molecule has 0 saturated carbocycles. The van der Waals surface area contributed by atoms with Crippen molar-refractivity contribution in [2.75, 3.05) is 0 Å². The van der Waals surface area contributed by atoms with Crippen molar-refractivity contribution in [2.45, 2.75) is 44.2 Å². The van der Waals surface area contributed by atoms with Crippen LogP contribution in [0.5, 0.6) is 0 Å². The minimum absolute atomic E-state index is 0.502. The Labute approximate surface area is 90.8 Å². The highest BCUT2D eigenvalue weighted by Crippen LogP contribution is 2.57. The highest BCUT2D eigenvalue weighted by molar-refractivity contribution is 8.07. The third-order valence-corrected chi connectivity index (χ3v) is 17.4. The third kappa shape index (κ3) is 4.10. The van der Waals surface area contributed by atoms with Crippen LogP contribution in [0.25, 0.3) is 0 Å². The van der Waals surface area contributed by atoms with Crippen LogP contribution in [0.1, 0.15) is 1.37 Å². The fourth-order valence-corrected chi connectivity index (χ4v) is 23.8. The molecule has 0 aromatic heterocycles. The Hall–Kier alpha value is 1.44. The van der Waals surface area contributed by atoms with Crippen molar-refractivity contribution in [2.24, 2.45) is 0 Å². The van der Waals surface area contributed by atoms with Crippen LogP contribution in [0.4, 0.5) is 0 Å². The van der Waals surface area contributed by atoms with E-state index in [1.807, 2.05) is 0 Å². The maximum absolute atomic E-state index is 8.57. The van der Waals surface area contributed by atoms with Crippen molar-refractivity contribution in [3.05, 3.63) is 0 Å². The SMILES string of the molecule is [2H]C(P(Cl)Cl)([Si](C)(C)C)[Si](C)(C)C. The zero-order valence-corrected chi connectivity index (χ0v) is 13.1. The van der Waals surface area contributed by atoms with Gasteiger partial charge in [0, 0.05) is 1.37 Å². The summed E-state index contributed by atoms with van der Waals surface area (Å²) in [5, 5.41) is 0. The molecule has 0 N–H and O–H groups in total. The molecule has 0 bridgehead atoms. The van der Waals surface area contributed by atoms with E-state index in [0.717, 1.165) is 0 Å². The van der Waals surface area contributed by atoms with E-state index in [-0.39, 0.29) is 0 Å². The number of hydrogen-bond acceptors (Lipinski definition) is 0. The predicted octanol–water partition coefficient (Wildman–Crippen LogP) is 4.90. The lowest BCUT2D eigenvalue weighted by atomic mass is 11.7. The molecule has 0 nitrogen and oxygen atoms in total. The lowest BCUT2D eigenvalue weighted by Gasteiger charge is -2.38. The summed E-state index contributed by atoms with van der Waals surface area (Å²) in [4.78, 5) is -0.502. The molecule has 0 amide bonds. The molecule has 12 heavy (non-hydrogen) atoms. The quantitative estimate of drug-likeness (QED) is 0.501. The molecule has 0 aliphatic heterocycles. The summed E-state index contributed by atoms with van der Waals surface area (Å²) in [6.45, 7) is 12.0. The molecule has 0 saturated heterocycles. The van der Waals surface area contributed by atoms with Gasteiger partial charge in [0.25, 0.3) is 0 Å². The van der Waals surface area contributed by atoms with Crippen LogP contribution in [-0.4, -0.2) is 21.0 Å². The highest BCUT2D eigenvalue weighted by Gasteiger charge is 2.41.